The second kappa shape index (κ2) is 6.98. The van der Waals surface area contributed by atoms with Crippen LogP contribution in [0.4, 0.5) is 0 Å². The Morgan fingerprint density at radius 1 is 1.75 bits per heavy atom. The summed E-state index contributed by atoms with van der Waals surface area (Å²) in [5.41, 5.74) is 2.47. The van der Waals surface area contributed by atoms with Gasteiger partial charge in [0.05, 0.1) is 17.8 Å². The highest BCUT2D eigenvalue weighted by molar-refractivity contribution is 9.09. The predicted octanol–water partition coefficient (Wildman–Crippen LogP) is 1.98. The quantitative estimate of drug-likeness (QED) is 0.818. The van der Waals surface area contributed by atoms with Gasteiger partial charge < -0.3 is 10.1 Å². The molecular weight excluding hydrogens is 292 g/mol. The molecule has 0 aliphatic heterocycles. The molecule has 0 aliphatic carbocycles. The second-order valence-electron chi connectivity index (χ2n) is 3.36. The Morgan fingerprint density at radius 3 is 3.06 bits per heavy atom. The van der Waals surface area contributed by atoms with E-state index in [1.165, 1.54) is 11.3 Å². The van der Waals surface area contributed by atoms with Crippen LogP contribution in [0.1, 0.15) is 21.8 Å². The van der Waals surface area contributed by atoms with Crippen molar-refractivity contribution in [2.75, 3.05) is 20.3 Å². The molecule has 1 unspecified atom stereocenters. The van der Waals surface area contributed by atoms with Crippen molar-refractivity contribution in [2.45, 2.75) is 18.2 Å². The van der Waals surface area contributed by atoms with E-state index in [-0.39, 0.29) is 10.7 Å². The first-order valence-corrected chi connectivity index (χ1v) is 6.76. The predicted molar refractivity (Wildman–Crippen MR) is 68.4 cm³/mol. The van der Waals surface area contributed by atoms with Crippen LogP contribution in [0, 0.1) is 6.92 Å². The second-order valence-corrected chi connectivity index (χ2v) is 5.51. The first-order chi connectivity index (χ1) is 7.65. The number of aryl methyl sites for hydroxylation is 1. The van der Waals surface area contributed by atoms with Crippen molar-refractivity contribution < 1.29 is 9.53 Å². The Hall–Kier alpha value is -0.460. The molecule has 90 valence electrons. The largest absolute Gasteiger partial charge is 0.384 e. The standard InChI is InChI=1S/C10H15BrN2O2S/c1-7-9(16-6-13-7)10(14)12-4-3-8(11)5-15-2/h6,8H,3-5H2,1-2H3,(H,12,14). The maximum Gasteiger partial charge on any atom is 0.263 e. The summed E-state index contributed by atoms with van der Waals surface area (Å²) in [5.74, 6) is -0.0443. The number of thiazole rings is 1. The van der Waals surface area contributed by atoms with Gasteiger partial charge >= 0.3 is 0 Å². The molecule has 0 saturated carbocycles. The average Bonchev–Trinajstić information content (AvgIpc) is 2.64. The van der Waals surface area contributed by atoms with Crippen LogP contribution in [0.15, 0.2) is 5.51 Å². The Balaban J connectivity index is 2.29. The third-order valence-corrected chi connectivity index (χ3v) is 3.69. The minimum atomic E-state index is -0.0443. The number of alkyl halides is 1. The summed E-state index contributed by atoms with van der Waals surface area (Å²) in [7, 11) is 1.66. The van der Waals surface area contributed by atoms with Crippen LogP contribution in [0.3, 0.4) is 0 Å². The first-order valence-electron chi connectivity index (χ1n) is 4.96. The van der Waals surface area contributed by atoms with Crippen molar-refractivity contribution in [2.24, 2.45) is 0 Å². The van der Waals surface area contributed by atoms with Crippen LogP contribution in [0.5, 0.6) is 0 Å². The molecule has 1 aromatic rings. The number of nitrogens with one attached hydrogen (secondary N) is 1. The zero-order valence-electron chi connectivity index (χ0n) is 9.33. The number of halogens is 1. The van der Waals surface area contributed by atoms with E-state index in [1.54, 1.807) is 12.6 Å². The van der Waals surface area contributed by atoms with Gasteiger partial charge in [-0.25, -0.2) is 4.98 Å². The van der Waals surface area contributed by atoms with Gasteiger partial charge in [0.2, 0.25) is 0 Å². The van der Waals surface area contributed by atoms with Gasteiger partial charge in [0.1, 0.15) is 4.88 Å². The zero-order valence-corrected chi connectivity index (χ0v) is 11.7. The van der Waals surface area contributed by atoms with Crippen LogP contribution in [0.25, 0.3) is 0 Å². The number of rotatable bonds is 6. The third kappa shape index (κ3) is 4.19. The molecule has 0 spiro atoms. The molecule has 4 nitrogen and oxygen atoms in total. The maximum atomic E-state index is 11.7. The van der Waals surface area contributed by atoms with Crippen LogP contribution < -0.4 is 5.32 Å². The van der Waals surface area contributed by atoms with Crippen LogP contribution >= 0.6 is 27.3 Å². The molecule has 0 bridgehead atoms. The van der Waals surface area contributed by atoms with E-state index in [4.69, 9.17) is 4.74 Å². The molecule has 0 saturated heterocycles. The summed E-state index contributed by atoms with van der Waals surface area (Å²) < 4.78 is 4.98. The highest BCUT2D eigenvalue weighted by Gasteiger charge is 2.11. The van der Waals surface area contributed by atoms with E-state index < -0.39 is 0 Å². The number of hydrogen-bond acceptors (Lipinski definition) is 4. The summed E-state index contributed by atoms with van der Waals surface area (Å²) in [6.45, 7) is 3.12. The number of carbonyl (C=O) groups excluding carboxylic acids is 1. The maximum absolute atomic E-state index is 11.7. The van der Waals surface area contributed by atoms with E-state index in [1.807, 2.05) is 6.92 Å². The molecule has 0 radical (unpaired) electrons. The zero-order chi connectivity index (χ0) is 12.0. The molecule has 1 atom stereocenters. The van der Waals surface area contributed by atoms with E-state index in [0.29, 0.717) is 18.0 Å². The van der Waals surface area contributed by atoms with Gasteiger partial charge in [-0.05, 0) is 13.3 Å². The highest BCUT2D eigenvalue weighted by atomic mass is 79.9. The van der Waals surface area contributed by atoms with Crippen LogP contribution in [-0.4, -0.2) is 36.0 Å². The average molecular weight is 307 g/mol. The van der Waals surface area contributed by atoms with Gasteiger partial charge in [0.15, 0.2) is 0 Å². The summed E-state index contributed by atoms with van der Waals surface area (Å²) in [6, 6.07) is 0. The Bertz CT molecular complexity index is 343. The number of ether oxygens (including phenoxy) is 1. The van der Waals surface area contributed by atoms with Crippen molar-refractivity contribution in [1.82, 2.24) is 10.3 Å². The lowest BCUT2D eigenvalue weighted by molar-refractivity contribution is 0.0955. The van der Waals surface area contributed by atoms with E-state index >= 15 is 0 Å². The fraction of sp³-hybridized carbons (Fsp3) is 0.600. The van der Waals surface area contributed by atoms with Gasteiger partial charge in [-0.15, -0.1) is 11.3 Å². The van der Waals surface area contributed by atoms with Gasteiger partial charge in [0.25, 0.3) is 5.91 Å². The molecule has 1 amide bonds. The SMILES string of the molecule is COCC(Br)CCNC(=O)c1scnc1C. The number of carbonyl (C=O) groups is 1. The van der Waals surface area contributed by atoms with E-state index in [0.717, 1.165) is 12.1 Å². The number of nitrogens with zero attached hydrogens (tertiary/aromatic N) is 1. The minimum Gasteiger partial charge on any atom is -0.384 e. The summed E-state index contributed by atoms with van der Waals surface area (Å²) in [5, 5.41) is 2.86. The van der Waals surface area contributed by atoms with Crippen molar-refractivity contribution in [1.29, 1.82) is 0 Å². The molecule has 6 heteroatoms. The molecule has 1 N–H and O–H groups in total. The number of hydrogen-bond donors (Lipinski definition) is 1. The normalized spacial score (nSPS) is 12.4. The topological polar surface area (TPSA) is 51.2 Å². The van der Waals surface area contributed by atoms with Crippen LogP contribution in [0.2, 0.25) is 0 Å². The molecule has 16 heavy (non-hydrogen) atoms. The van der Waals surface area contributed by atoms with Gasteiger partial charge in [0, 0.05) is 18.5 Å². The third-order valence-electron chi connectivity index (χ3n) is 2.04. The van der Waals surface area contributed by atoms with Gasteiger partial charge in [-0.1, -0.05) is 15.9 Å². The van der Waals surface area contributed by atoms with Crippen molar-refractivity contribution >= 4 is 33.2 Å². The molecule has 0 aliphatic rings. The lowest BCUT2D eigenvalue weighted by atomic mass is 10.3. The molecule has 0 aromatic carbocycles. The van der Waals surface area contributed by atoms with Gasteiger partial charge in [-0.3, -0.25) is 4.79 Å². The highest BCUT2D eigenvalue weighted by Crippen LogP contribution is 2.11. The summed E-state index contributed by atoms with van der Waals surface area (Å²) >= 11 is 4.83. The summed E-state index contributed by atoms with van der Waals surface area (Å²) in [4.78, 5) is 16.7. The minimum absolute atomic E-state index is 0.0443. The van der Waals surface area contributed by atoms with Crippen molar-refractivity contribution in [3.8, 4) is 0 Å². The van der Waals surface area contributed by atoms with Gasteiger partial charge in [-0.2, -0.15) is 0 Å². The van der Waals surface area contributed by atoms with E-state index in [9.17, 15) is 4.79 Å². The Kier molecular flexibility index (Phi) is 5.94. The fourth-order valence-corrected chi connectivity index (χ4v) is 2.42. The first kappa shape index (κ1) is 13.6. The molecule has 1 rings (SSSR count). The molecule has 1 heterocycles. The number of amides is 1. The Morgan fingerprint density at radius 2 is 2.50 bits per heavy atom. The molecular formula is C10H15BrN2O2S. The number of methoxy groups -OCH3 is 1. The monoisotopic (exact) mass is 306 g/mol. The fourth-order valence-electron chi connectivity index (χ4n) is 1.21. The smallest absolute Gasteiger partial charge is 0.263 e. The summed E-state index contributed by atoms with van der Waals surface area (Å²) in [6.07, 6.45) is 0.845. The van der Waals surface area contributed by atoms with Crippen molar-refractivity contribution in [3.05, 3.63) is 16.1 Å². The number of aromatic nitrogens is 1. The lowest BCUT2D eigenvalue weighted by Crippen LogP contribution is -2.26. The van der Waals surface area contributed by atoms with Crippen molar-refractivity contribution in [3.63, 3.8) is 0 Å². The van der Waals surface area contributed by atoms with E-state index in [2.05, 4.69) is 26.2 Å². The van der Waals surface area contributed by atoms with Crippen LogP contribution in [-0.2, 0) is 4.74 Å². The lowest BCUT2D eigenvalue weighted by Gasteiger charge is -2.08. The molecule has 0 fully saturated rings. The molecule has 1 aromatic heterocycles. The Labute approximate surface area is 108 Å².